The number of nitro groups is 1. The van der Waals surface area contributed by atoms with Crippen molar-refractivity contribution in [1.29, 1.82) is 0 Å². The third-order valence-electron chi connectivity index (χ3n) is 4.04. The van der Waals surface area contributed by atoms with Gasteiger partial charge in [-0.3, -0.25) is 10.1 Å². The largest absolute Gasteiger partial charge is 0.462 e. The molecule has 0 atom stereocenters. The molecular formula is C20H18ClN5O4. The summed E-state index contributed by atoms with van der Waals surface area (Å²) < 4.78 is 4.94. The smallest absolute Gasteiger partial charge is 0.353 e. The first kappa shape index (κ1) is 21.0. The number of anilines is 3. The summed E-state index contributed by atoms with van der Waals surface area (Å²) in [6, 6.07) is 13.4. The van der Waals surface area contributed by atoms with Gasteiger partial charge < -0.3 is 15.4 Å². The average molecular weight is 428 g/mol. The number of carbonyl (C=O) groups excluding carboxylic acids is 1. The first-order valence-electron chi connectivity index (χ1n) is 9.00. The van der Waals surface area contributed by atoms with Crippen LogP contribution in [0.4, 0.5) is 23.0 Å². The van der Waals surface area contributed by atoms with Crippen molar-refractivity contribution >= 4 is 40.6 Å². The van der Waals surface area contributed by atoms with Gasteiger partial charge in [-0.25, -0.2) is 14.8 Å². The molecule has 0 aliphatic heterocycles. The fraction of sp³-hybridized carbons (Fsp3) is 0.150. The Morgan fingerprint density at radius 1 is 1.10 bits per heavy atom. The van der Waals surface area contributed by atoms with E-state index < -0.39 is 10.9 Å². The van der Waals surface area contributed by atoms with Crippen molar-refractivity contribution in [3.05, 3.63) is 81.1 Å². The van der Waals surface area contributed by atoms with Crippen LogP contribution in [0, 0.1) is 10.1 Å². The lowest BCUT2D eigenvalue weighted by atomic mass is 10.2. The van der Waals surface area contributed by atoms with Crippen LogP contribution in [0.1, 0.15) is 22.8 Å². The molecular weight excluding hydrogens is 410 g/mol. The van der Waals surface area contributed by atoms with E-state index >= 15 is 0 Å². The molecule has 0 saturated carbocycles. The maximum atomic E-state index is 11.7. The molecule has 0 amide bonds. The summed E-state index contributed by atoms with van der Waals surface area (Å²) in [6.45, 7) is 2.32. The second-order valence-electron chi connectivity index (χ2n) is 6.08. The minimum absolute atomic E-state index is 0.0255. The summed E-state index contributed by atoms with van der Waals surface area (Å²) in [7, 11) is 0. The first-order valence-corrected chi connectivity index (χ1v) is 9.37. The SMILES string of the molecule is CCOC(=O)c1ccc(Nc2ncnc(NCc3ccc(Cl)cc3)c2[N+](=O)[O-])cc1. The number of aromatic nitrogens is 2. The number of carbonyl (C=O) groups is 1. The topological polar surface area (TPSA) is 119 Å². The van der Waals surface area contributed by atoms with E-state index in [1.165, 1.54) is 6.33 Å². The molecule has 0 bridgehead atoms. The quantitative estimate of drug-likeness (QED) is 0.305. The molecule has 0 spiro atoms. The van der Waals surface area contributed by atoms with Crippen LogP contribution in [0.15, 0.2) is 54.9 Å². The van der Waals surface area contributed by atoms with Crippen LogP contribution >= 0.6 is 11.6 Å². The summed E-state index contributed by atoms with van der Waals surface area (Å²) >= 11 is 5.87. The van der Waals surface area contributed by atoms with Crippen molar-refractivity contribution in [2.75, 3.05) is 17.2 Å². The van der Waals surface area contributed by atoms with E-state index in [-0.39, 0.29) is 23.9 Å². The first-order chi connectivity index (χ1) is 14.5. The van der Waals surface area contributed by atoms with Crippen molar-refractivity contribution in [2.45, 2.75) is 13.5 Å². The molecule has 0 radical (unpaired) electrons. The molecule has 0 saturated heterocycles. The van der Waals surface area contributed by atoms with E-state index in [0.29, 0.717) is 22.8 Å². The molecule has 30 heavy (non-hydrogen) atoms. The highest BCUT2D eigenvalue weighted by molar-refractivity contribution is 6.30. The maximum Gasteiger partial charge on any atom is 0.353 e. The standard InChI is InChI=1S/C20H18ClN5O4/c1-2-30-20(27)14-5-9-16(10-6-14)25-19-17(26(28)29)18(23-12-24-19)22-11-13-3-7-15(21)8-4-13/h3-10,12H,2,11H2,1H3,(H2,22,23,24,25). The van der Waals surface area contributed by atoms with Crippen LogP contribution in [-0.2, 0) is 11.3 Å². The number of hydrogen-bond donors (Lipinski definition) is 2. The van der Waals surface area contributed by atoms with Gasteiger partial charge in [-0.05, 0) is 48.9 Å². The summed E-state index contributed by atoms with van der Waals surface area (Å²) in [6.07, 6.45) is 1.23. The van der Waals surface area contributed by atoms with Crippen molar-refractivity contribution in [3.63, 3.8) is 0 Å². The van der Waals surface area contributed by atoms with Crippen molar-refractivity contribution in [1.82, 2.24) is 9.97 Å². The van der Waals surface area contributed by atoms with Crippen LogP contribution in [0.3, 0.4) is 0 Å². The molecule has 1 aromatic heterocycles. The van der Waals surface area contributed by atoms with Gasteiger partial charge in [-0.15, -0.1) is 0 Å². The molecule has 10 heteroatoms. The van der Waals surface area contributed by atoms with E-state index in [0.717, 1.165) is 5.56 Å². The molecule has 1 heterocycles. The Hall–Kier alpha value is -3.72. The molecule has 0 fully saturated rings. The van der Waals surface area contributed by atoms with Gasteiger partial charge in [-0.2, -0.15) is 0 Å². The second-order valence-corrected chi connectivity index (χ2v) is 6.52. The normalized spacial score (nSPS) is 10.3. The Morgan fingerprint density at radius 3 is 2.40 bits per heavy atom. The molecule has 0 aliphatic carbocycles. The van der Waals surface area contributed by atoms with Crippen molar-refractivity contribution in [2.24, 2.45) is 0 Å². The van der Waals surface area contributed by atoms with E-state index in [1.54, 1.807) is 43.3 Å². The zero-order valence-electron chi connectivity index (χ0n) is 16.0. The Kier molecular flexibility index (Phi) is 6.76. The van der Waals surface area contributed by atoms with Gasteiger partial charge in [0.2, 0.25) is 11.6 Å². The monoisotopic (exact) mass is 427 g/mol. The molecule has 9 nitrogen and oxygen atoms in total. The number of halogens is 1. The molecule has 2 N–H and O–H groups in total. The maximum absolute atomic E-state index is 11.7. The molecule has 3 rings (SSSR count). The Labute approximate surface area is 177 Å². The van der Waals surface area contributed by atoms with Gasteiger partial charge >= 0.3 is 11.7 Å². The van der Waals surface area contributed by atoms with E-state index in [1.807, 2.05) is 12.1 Å². The van der Waals surface area contributed by atoms with Gasteiger partial charge in [0.25, 0.3) is 0 Å². The van der Waals surface area contributed by atoms with E-state index in [9.17, 15) is 14.9 Å². The molecule has 3 aromatic rings. The van der Waals surface area contributed by atoms with Gasteiger partial charge in [-0.1, -0.05) is 23.7 Å². The minimum atomic E-state index is -0.556. The van der Waals surface area contributed by atoms with Crippen LogP contribution in [0.5, 0.6) is 0 Å². The predicted octanol–water partition coefficient (Wildman–Crippen LogP) is 4.57. The van der Waals surface area contributed by atoms with Gasteiger partial charge in [0, 0.05) is 17.3 Å². The lowest BCUT2D eigenvalue weighted by Gasteiger charge is -2.10. The molecule has 0 unspecified atom stereocenters. The second kappa shape index (κ2) is 9.66. The zero-order chi connectivity index (χ0) is 21.5. The number of esters is 1. The van der Waals surface area contributed by atoms with Crippen LogP contribution in [0.25, 0.3) is 0 Å². The zero-order valence-corrected chi connectivity index (χ0v) is 16.7. The molecule has 2 aromatic carbocycles. The minimum Gasteiger partial charge on any atom is -0.462 e. The average Bonchev–Trinajstić information content (AvgIpc) is 2.74. The Balaban J connectivity index is 1.79. The number of hydrogen-bond acceptors (Lipinski definition) is 8. The van der Waals surface area contributed by atoms with Gasteiger partial charge in [0.1, 0.15) is 6.33 Å². The Bertz CT molecular complexity index is 1040. The molecule has 154 valence electrons. The summed E-state index contributed by atoms with van der Waals surface area (Å²) in [5.74, 6) is -0.334. The van der Waals surface area contributed by atoms with E-state index in [4.69, 9.17) is 16.3 Å². The molecule has 0 aliphatic rings. The lowest BCUT2D eigenvalue weighted by Crippen LogP contribution is -2.08. The van der Waals surface area contributed by atoms with Crippen LogP contribution in [0.2, 0.25) is 5.02 Å². The fourth-order valence-corrected chi connectivity index (χ4v) is 2.73. The van der Waals surface area contributed by atoms with Crippen molar-refractivity contribution in [3.8, 4) is 0 Å². The number of rotatable bonds is 8. The number of benzene rings is 2. The van der Waals surface area contributed by atoms with Gasteiger partial charge in [0.05, 0.1) is 17.1 Å². The number of nitrogens with one attached hydrogen (secondary N) is 2. The summed E-state index contributed by atoms with van der Waals surface area (Å²) in [5, 5.41) is 18.1. The van der Waals surface area contributed by atoms with Crippen LogP contribution < -0.4 is 10.6 Å². The predicted molar refractivity (Wildman–Crippen MR) is 113 cm³/mol. The van der Waals surface area contributed by atoms with Crippen LogP contribution in [-0.4, -0.2) is 27.5 Å². The number of nitrogens with zero attached hydrogens (tertiary/aromatic N) is 3. The highest BCUT2D eigenvalue weighted by Gasteiger charge is 2.23. The highest BCUT2D eigenvalue weighted by Crippen LogP contribution is 2.31. The Morgan fingerprint density at radius 2 is 1.77 bits per heavy atom. The number of ether oxygens (including phenoxy) is 1. The summed E-state index contributed by atoms with van der Waals surface area (Å²) in [5.41, 5.74) is 1.50. The third-order valence-corrected chi connectivity index (χ3v) is 4.29. The van der Waals surface area contributed by atoms with Crippen molar-refractivity contribution < 1.29 is 14.5 Å². The fourth-order valence-electron chi connectivity index (χ4n) is 2.60. The summed E-state index contributed by atoms with van der Waals surface area (Å²) in [4.78, 5) is 30.9. The third kappa shape index (κ3) is 5.21. The lowest BCUT2D eigenvalue weighted by molar-refractivity contribution is -0.383. The van der Waals surface area contributed by atoms with Gasteiger partial charge in [0.15, 0.2) is 0 Å². The highest BCUT2D eigenvalue weighted by atomic mass is 35.5. The van der Waals surface area contributed by atoms with E-state index in [2.05, 4.69) is 20.6 Å².